The van der Waals surface area contributed by atoms with Crippen molar-refractivity contribution in [3.63, 3.8) is 0 Å². The number of nitriles is 1. The molecule has 1 saturated heterocycles. The third kappa shape index (κ3) is 3.56. The minimum atomic E-state index is -2.78. The fourth-order valence-electron chi connectivity index (χ4n) is 2.20. The van der Waals surface area contributed by atoms with Crippen LogP contribution < -0.4 is 5.32 Å². The Labute approximate surface area is 108 Å². The van der Waals surface area contributed by atoms with Crippen LogP contribution >= 0.6 is 0 Å². The molecule has 18 heavy (non-hydrogen) atoms. The highest BCUT2D eigenvalue weighted by Gasteiger charge is 2.27. The van der Waals surface area contributed by atoms with E-state index in [2.05, 4.69) is 11.4 Å². The van der Waals surface area contributed by atoms with Gasteiger partial charge in [-0.3, -0.25) is 0 Å². The number of benzene rings is 1. The Balaban J connectivity index is 1.81. The van der Waals surface area contributed by atoms with Gasteiger partial charge in [-0.15, -0.1) is 0 Å². The minimum absolute atomic E-state index is 0.231. The van der Waals surface area contributed by atoms with E-state index < -0.39 is 9.84 Å². The monoisotopic (exact) mass is 264 g/mol. The van der Waals surface area contributed by atoms with Gasteiger partial charge in [-0.05, 0) is 36.6 Å². The molecule has 1 unspecified atom stereocenters. The molecule has 1 aromatic rings. The summed E-state index contributed by atoms with van der Waals surface area (Å²) in [6.07, 6.45) is 0.758. The lowest BCUT2D eigenvalue weighted by Crippen LogP contribution is -2.23. The van der Waals surface area contributed by atoms with Gasteiger partial charge >= 0.3 is 0 Å². The average molecular weight is 264 g/mol. The van der Waals surface area contributed by atoms with Crippen LogP contribution in [0.25, 0.3) is 0 Å². The molecule has 4 nitrogen and oxygen atoms in total. The zero-order valence-corrected chi connectivity index (χ0v) is 10.9. The Morgan fingerprint density at radius 1 is 1.44 bits per heavy atom. The van der Waals surface area contributed by atoms with Crippen molar-refractivity contribution in [2.45, 2.75) is 13.0 Å². The van der Waals surface area contributed by atoms with Crippen LogP contribution in [0.3, 0.4) is 0 Å². The van der Waals surface area contributed by atoms with Crippen LogP contribution in [0.1, 0.15) is 17.5 Å². The molecule has 2 rings (SSSR count). The van der Waals surface area contributed by atoms with Crippen LogP contribution in [-0.4, -0.2) is 26.5 Å². The van der Waals surface area contributed by atoms with Crippen LogP contribution in [0, 0.1) is 17.2 Å². The molecule has 0 amide bonds. The lowest BCUT2D eigenvalue weighted by Gasteiger charge is -2.09. The second kappa shape index (κ2) is 5.51. The molecular formula is C13H16N2O2S. The smallest absolute Gasteiger partial charge is 0.150 e. The summed E-state index contributed by atoms with van der Waals surface area (Å²) in [6, 6.07) is 9.53. The SMILES string of the molecule is N#Cc1cccc(CNCC2CCS(=O)(=O)C2)c1. The molecule has 0 radical (unpaired) electrons. The van der Waals surface area contributed by atoms with Gasteiger partial charge in [0.2, 0.25) is 0 Å². The zero-order valence-electron chi connectivity index (χ0n) is 10.1. The predicted octanol–water partition coefficient (Wildman–Crippen LogP) is 1.08. The molecule has 1 heterocycles. The molecule has 1 fully saturated rings. The first-order valence-electron chi connectivity index (χ1n) is 5.99. The van der Waals surface area contributed by atoms with Crippen molar-refractivity contribution in [1.29, 1.82) is 5.26 Å². The summed E-state index contributed by atoms with van der Waals surface area (Å²) < 4.78 is 22.6. The number of hydrogen-bond donors (Lipinski definition) is 1. The van der Waals surface area contributed by atoms with Crippen molar-refractivity contribution in [2.24, 2.45) is 5.92 Å². The standard InChI is InChI=1S/C13H16N2O2S/c14-7-11-2-1-3-12(6-11)8-15-9-13-4-5-18(16,17)10-13/h1-3,6,13,15H,4-5,8-10H2. The first-order chi connectivity index (χ1) is 8.59. The molecule has 1 atom stereocenters. The Morgan fingerprint density at radius 2 is 2.28 bits per heavy atom. The molecule has 0 aliphatic carbocycles. The lowest BCUT2D eigenvalue weighted by molar-refractivity contribution is 0.521. The van der Waals surface area contributed by atoms with Crippen molar-refractivity contribution in [1.82, 2.24) is 5.32 Å². The largest absolute Gasteiger partial charge is 0.312 e. The van der Waals surface area contributed by atoms with Gasteiger partial charge in [0.1, 0.15) is 0 Å². The number of rotatable bonds is 4. The molecule has 1 aliphatic rings. The van der Waals surface area contributed by atoms with Gasteiger partial charge in [0.15, 0.2) is 9.84 Å². The zero-order chi connectivity index (χ0) is 13.0. The van der Waals surface area contributed by atoms with E-state index in [0.29, 0.717) is 23.6 Å². The molecule has 96 valence electrons. The third-order valence-electron chi connectivity index (χ3n) is 3.14. The number of sulfone groups is 1. The molecular weight excluding hydrogens is 248 g/mol. The fraction of sp³-hybridized carbons (Fsp3) is 0.462. The van der Waals surface area contributed by atoms with Gasteiger partial charge in [-0.25, -0.2) is 8.42 Å². The van der Waals surface area contributed by atoms with Crippen molar-refractivity contribution in [3.05, 3.63) is 35.4 Å². The summed E-state index contributed by atoms with van der Waals surface area (Å²) in [4.78, 5) is 0. The van der Waals surface area contributed by atoms with Gasteiger partial charge in [0.25, 0.3) is 0 Å². The first-order valence-corrected chi connectivity index (χ1v) is 7.81. The van der Waals surface area contributed by atoms with Crippen molar-refractivity contribution in [2.75, 3.05) is 18.1 Å². The van der Waals surface area contributed by atoms with E-state index in [-0.39, 0.29) is 5.92 Å². The van der Waals surface area contributed by atoms with E-state index in [1.54, 1.807) is 6.07 Å². The fourth-order valence-corrected chi connectivity index (χ4v) is 4.07. The lowest BCUT2D eigenvalue weighted by atomic mass is 10.1. The third-order valence-corrected chi connectivity index (χ3v) is 4.98. The van der Waals surface area contributed by atoms with E-state index in [0.717, 1.165) is 18.5 Å². The highest BCUT2D eigenvalue weighted by atomic mass is 32.2. The quantitative estimate of drug-likeness (QED) is 0.883. The molecule has 1 N–H and O–H groups in total. The molecule has 0 aromatic heterocycles. The topological polar surface area (TPSA) is 70.0 Å². The van der Waals surface area contributed by atoms with Crippen molar-refractivity contribution in [3.8, 4) is 6.07 Å². The Hall–Kier alpha value is -1.38. The second-order valence-electron chi connectivity index (χ2n) is 4.71. The van der Waals surface area contributed by atoms with Crippen LogP contribution in [0.2, 0.25) is 0 Å². The maximum atomic E-state index is 11.3. The normalized spacial score (nSPS) is 21.6. The second-order valence-corrected chi connectivity index (χ2v) is 6.94. The van der Waals surface area contributed by atoms with Crippen LogP contribution in [0.5, 0.6) is 0 Å². The van der Waals surface area contributed by atoms with E-state index in [1.807, 2.05) is 18.2 Å². The number of nitrogens with zero attached hydrogens (tertiary/aromatic N) is 1. The predicted molar refractivity (Wildman–Crippen MR) is 69.6 cm³/mol. The molecule has 1 aliphatic heterocycles. The van der Waals surface area contributed by atoms with E-state index in [4.69, 9.17) is 5.26 Å². The molecule has 5 heteroatoms. The van der Waals surface area contributed by atoms with Gasteiger partial charge in [-0.1, -0.05) is 12.1 Å². The minimum Gasteiger partial charge on any atom is -0.312 e. The van der Waals surface area contributed by atoms with Gasteiger partial charge in [0, 0.05) is 6.54 Å². The summed E-state index contributed by atoms with van der Waals surface area (Å²) >= 11 is 0. The summed E-state index contributed by atoms with van der Waals surface area (Å²) in [5.41, 5.74) is 1.70. The van der Waals surface area contributed by atoms with E-state index >= 15 is 0 Å². The van der Waals surface area contributed by atoms with E-state index in [9.17, 15) is 8.42 Å². The highest BCUT2D eigenvalue weighted by molar-refractivity contribution is 7.91. The molecule has 0 bridgehead atoms. The van der Waals surface area contributed by atoms with Gasteiger partial charge in [0.05, 0.1) is 23.1 Å². The summed E-state index contributed by atoms with van der Waals surface area (Å²) in [5, 5.41) is 12.0. The Morgan fingerprint density at radius 3 is 2.94 bits per heavy atom. The molecule has 0 spiro atoms. The van der Waals surface area contributed by atoms with Crippen LogP contribution in [0.4, 0.5) is 0 Å². The van der Waals surface area contributed by atoms with Gasteiger partial charge in [-0.2, -0.15) is 5.26 Å². The molecule has 0 saturated carbocycles. The summed E-state index contributed by atoms with van der Waals surface area (Å²) in [5.74, 6) is 0.857. The first kappa shape index (κ1) is 13.1. The number of hydrogen-bond acceptors (Lipinski definition) is 4. The van der Waals surface area contributed by atoms with Crippen molar-refractivity contribution >= 4 is 9.84 Å². The Kier molecular flexibility index (Phi) is 4.00. The van der Waals surface area contributed by atoms with Crippen molar-refractivity contribution < 1.29 is 8.42 Å². The maximum absolute atomic E-state index is 11.3. The molecule has 1 aromatic carbocycles. The highest BCUT2D eigenvalue weighted by Crippen LogP contribution is 2.17. The average Bonchev–Trinajstić information content (AvgIpc) is 2.69. The van der Waals surface area contributed by atoms with E-state index in [1.165, 1.54) is 0 Å². The van der Waals surface area contributed by atoms with Crippen LogP contribution in [-0.2, 0) is 16.4 Å². The van der Waals surface area contributed by atoms with Crippen LogP contribution in [0.15, 0.2) is 24.3 Å². The summed E-state index contributed by atoms with van der Waals surface area (Å²) in [7, 11) is -2.78. The van der Waals surface area contributed by atoms with Gasteiger partial charge < -0.3 is 5.32 Å². The Bertz CT molecular complexity index is 561. The summed E-state index contributed by atoms with van der Waals surface area (Å²) in [6.45, 7) is 1.39. The number of nitrogens with one attached hydrogen (secondary N) is 1. The maximum Gasteiger partial charge on any atom is 0.150 e.